The van der Waals surface area contributed by atoms with Crippen molar-refractivity contribution < 1.29 is 4.74 Å². The second kappa shape index (κ2) is 6.42. The van der Waals surface area contributed by atoms with Gasteiger partial charge in [-0.2, -0.15) is 0 Å². The highest BCUT2D eigenvalue weighted by Gasteiger charge is 2.15. The van der Waals surface area contributed by atoms with Gasteiger partial charge < -0.3 is 10.1 Å². The van der Waals surface area contributed by atoms with Crippen molar-refractivity contribution in [3.05, 3.63) is 63.1 Å². The molecule has 2 rings (SSSR count). The summed E-state index contributed by atoms with van der Waals surface area (Å²) >= 11 is 3.55. The van der Waals surface area contributed by atoms with Crippen LogP contribution < -0.4 is 10.1 Å². The summed E-state index contributed by atoms with van der Waals surface area (Å²) in [7, 11) is 3.69. The zero-order valence-electron chi connectivity index (χ0n) is 12.3. The van der Waals surface area contributed by atoms with Gasteiger partial charge in [-0.05, 0) is 61.3 Å². The van der Waals surface area contributed by atoms with Crippen LogP contribution in [0.5, 0.6) is 5.75 Å². The molecule has 1 atom stereocenters. The quantitative estimate of drug-likeness (QED) is 0.896. The summed E-state index contributed by atoms with van der Waals surface area (Å²) in [6, 6.07) is 12.9. The van der Waals surface area contributed by atoms with E-state index in [0.717, 1.165) is 10.2 Å². The smallest absolute Gasteiger partial charge is 0.119 e. The molecule has 3 heteroatoms. The van der Waals surface area contributed by atoms with Gasteiger partial charge in [-0.3, -0.25) is 0 Å². The minimum Gasteiger partial charge on any atom is -0.497 e. The van der Waals surface area contributed by atoms with E-state index in [-0.39, 0.29) is 6.04 Å². The van der Waals surface area contributed by atoms with Gasteiger partial charge in [0.05, 0.1) is 13.2 Å². The molecular formula is C17H20BrNO. The fourth-order valence-corrected chi connectivity index (χ4v) is 2.69. The Hall–Kier alpha value is -1.32. The van der Waals surface area contributed by atoms with E-state index < -0.39 is 0 Å². The first-order valence-corrected chi connectivity index (χ1v) is 7.44. The van der Waals surface area contributed by atoms with Crippen molar-refractivity contribution in [1.29, 1.82) is 0 Å². The zero-order valence-corrected chi connectivity index (χ0v) is 13.9. The van der Waals surface area contributed by atoms with Gasteiger partial charge in [0.1, 0.15) is 5.75 Å². The Bertz CT molecular complexity index is 610. The lowest BCUT2D eigenvalue weighted by atomic mass is 9.94. The molecular weight excluding hydrogens is 314 g/mol. The van der Waals surface area contributed by atoms with Crippen molar-refractivity contribution in [2.24, 2.45) is 0 Å². The topological polar surface area (TPSA) is 21.3 Å². The highest BCUT2D eigenvalue weighted by molar-refractivity contribution is 9.10. The van der Waals surface area contributed by atoms with E-state index in [0.29, 0.717) is 0 Å². The van der Waals surface area contributed by atoms with Crippen LogP contribution in [0.15, 0.2) is 40.9 Å². The van der Waals surface area contributed by atoms with E-state index in [1.54, 1.807) is 7.11 Å². The highest BCUT2D eigenvalue weighted by Crippen LogP contribution is 2.29. The Morgan fingerprint density at radius 2 is 1.80 bits per heavy atom. The number of halogens is 1. The molecule has 20 heavy (non-hydrogen) atoms. The first-order valence-electron chi connectivity index (χ1n) is 6.64. The van der Waals surface area contributed by atoms with Crippen molar-refractivity contribution in [2.45, 2.75) is 19.9 Å². The molecule has 1 unspecified atom stereocenters. The molecule has 0 amide bonds. The van der Waals surface area contributed by atoms with Crippen molar-refractivity contribution in [3.8, 4) is 5.75 Å². The van der Waals surface area contributed by atoms with Crippen LogP contribution in [-0.2, 0) is 0 Å². The average Bonchev–Trinajstić information content (AvgIpc) is 2.45. The molecule has 2 aromatic carbocycles. The molecule has 1 N–H and O–H groups in total. The Balaban J connectivity index is 2.43. The molecule has 0 saturated heterocycles. The summed E-state index contributed by atoms with van der Waals surface area (Å²) in [6.07, 6.45) is 0. The predicted molar refractivity (Wildman–Crippen MR) is 87.5 cm³/mol. The number of methoxy groups -OCH3 is 1. The lowest BCUT2D eigenvalue weighted by Crippen LogP contribution is -2.18. The summed E-state index contributed by atoms with van der Waals surface area (Å²) in [5, 5.41) is 3.40. The van der Waals surface area contributed by atoms with E-state index >= 15 is 0 Å². The highest BCUT2D eigenvalue weighted by atomic mass is 79.9. The molecule has 0 spiro atoms. The van der Waals surface area contributed by atoms with E-state index in [4.69, 9.17) is 4.74 Å². The summed E-state index contributed by atoms with van der Waals surface area (Å²) in [5.74, 6) is 0.896. The first-order chi connectivity index (χ1) is 9.56. The lowest BCUT2D eigenvalue weighted by molar-refractivity contribution is 0.414. The van der Waals surface area contributed by atoms with Crippen LogP contribution in [0.2, 0.25) is 0 Å². The van der Waals surface area contributed by atoms with Crippen LogP contribution in [0, 0.1) is 13.8 Å². The van der Waals surface area contributed by atoms with Gasteiger partial charge in [0, 0.05) is 4.47 Å². The van der Waals surface area contributed by atoms with Crippen LogP contribution in [0.4, 0.5) is 0 Å². The van der Waals surface area contributed by atoms with Gasteiger partial charge in [-0.15, -0.1) is 0 Å². The van der Waals surface area contributed by atoms with Crippen molar-refractivity contribution in [2.75, 3.05) is 14.2 Å². The molecule has 0 saturated carbocycles. The van der Waals surface area contributed by atoms with Gasteiger partial charge in [0.25, 0.3) is 0 Å². The molecule has 0 aromatic heterocycles. The molecule has 0 aliphatic carbocycles. The second-order valence-corrected chi connectivity index (χ2v) is 5.81. The average molecular weight is 334 g/mol. The van der Waals surface area contributed by atoms with Crippen LogP contribution in [0.1, 0.15) is 28.3 Å². The minimum absolute atomic E-state index is 0.188. The van der Waals surface area contributed by atoms with Gasteiger partial charge >= 0.3 is 0 Å². The minimum atomic E-state index is 0.188. The largest absolute Gasteiger partial charge is 0.497 e. The summed E-state index contributed by atoms with van der Waals surface area (Å²) < 4.78 is 6.42. The number of hydrogen-bond acceptors (Lipinski definition) is 2. The van der Waals surface area contributed by atoms with Gasteiger partial charge in [0.15, 0.2) is 0 Å². The SMILES string of the molecule is CNC(c1ccc(Br)c(C)c1)c1ccc(OC)cc1C. The maximum Gasteiger partial charge on any atom is 0.119 e. The lowest BCUT2D eigenvalue weighted by Gasteiger charge is -2.20. The molecule has 2 nitrogen and oxygen atoms in total. The van der Waals surface area contributed by atoms with Crippen LogP contribution >= 0.6 is 15.9 Å². The molecule has 0 bridgehead atoms. The molecule has 0 aliphatic heterocycles. The molecule has 0 radical (unpaired) electrons. The molecule has 106 valence electrons. The Morgan fingerprint density at radius 1 is 1.05 bits per heavy atom. The van der Waals surface area contributed by atoms with Crippen molar-refractivity contribution in [3.63, 3.8) is 0 Å². The van der Waals surface area contributed by atoms with E-state index in [1.807, 2.05) is 13.1 Å². The van der Waals surface area contributed by atoms with Crippen molar-refractivity contribution in [1.82, 2.24) is 5.32 Å². The molecule has 0 fully saturated rings. The molecule has 2 aromatic rings. The summed E-state index contributed by atoms with van der Waals surface area (Å²) in [5.41, 5.74) is 5.01. The maximum atomic E-state index is 5.28. The third-order valence-corrected chi connectivity index (χ3v) is 4.48. The Labute approximate surface area is 129 Å². The monoisotopic (exact) mass is 333 g/mol. The number of hydrogen-bond donors (Lipinski definition) is 1. The number of benzene rings is 2. The molecule has 0 aliphatic rings. The van der Waals surface area contributed by atoms with E-state index in [9.17, 15) is 0 Å². The standard InChI is InChI=1S/C17H20BrNO/c1-11-10-14(20-4)6-7-15(11)17(19-3)13-5-8-16(18)12(2)9-13/h5-10,17,19H,1-4H3. The fourth-order valence-electron chi connectivity index (χ4n) is 2.45. The fraction of sp³-hybridized carbons (Fsp3) is 0.294. The zero-order chi connectivity index (χ0) is 14.7. The number of nitrogens with one attached hydrogen (secondary N) is 1. The maximum absolute atomic E-state index is 5.28. The number of ether oxygens (including phenoxy) is 1. The van der Waals surface area contributed by atoms with Crippen molar-refractivity contribution >= 4 is 15.9 Å². The second-order valence-electron chi connectivity index (χ2n) is 4.95. The summed E-state index contributed by atoms with van der Waals surface area (Å²) in [4.78, 5) is 0. The van der Waals surface area contributed by atoms with Gasteiger partial charge in [-0.1, -0.05) is 34.1 Å². The van der Waals surface area contributed by atoms with Gasteiger partial charge in [0.2, 0.25) is 0 Å². The number of aryl methyl sites for hydroxylation is 2. The first kappa shape index (κ1) is 15.1. The number of rotatable bonds is 4. The van der Waals surface area contributed by atoms with Gasteiger partial charge in [-0.25, -0.2) is 0 Å². The van der Waals surface area contributed by atoms with E-state index in [1.165, 1.54) is 22.3 Å². The third-order valence-electron chi connectivity index (χ3n) is 3.59. The van der Waals surface area contributed by atoms with Crippen LogP contribution in [0.25, 0.3) is 0 Å². The van der Waals surface area contributed by atoms with Crippen LogP contribution in [-0.4, -0.2) is 14.2 Å². The summed E-state index contributed by atoms with van der Waals surface area (Å²) in [6.45, 7) is 4.23. The van der Waals surface area contributed by atoms with E-state index in [2.05, 4.69) is 65.4 Å². The Kier molecular flexibility index (Phi) is 4.84. The molecule has 0 heterocycles. The third kappa shape index (κ3) is 3.05. The Morgan fingerprint density at radius 3 is 2.35 bits per heavy atom. The normalized spacial score (nSPS) is 12.2. The van der Waals surface area contributed by atoms with Crippen LogP contribution in [0.3, 0.4) is 0 Å². The predicted octanol–water partition coefficient (Wildman–Crippen LogP) is 4.38.